The Morgan fingerprint density at radius 2 is 2.17 bits per heavy atom. The van der Waals surface area contributed by atoms with Gasteiger partial charge in [0.1, 0.15) is 5.76 Å². The first-order chi connectivity index (χ1) is 11.0. The number of imide groups is 1. The summed E-state index contributed by atoms with van der Waals surface area (Å²) in [5.74, 6) is 1.12. The van der Waals surface area contributed by atoms with Crippen LogP contribution in [0.15, 0.2) is 21.9 Å². The Morgan fingerprint density at radius 3 is 2.83 bits per heavy atom. The number of thioether (sulfide) groups is 1. The number of urea groups is 1. The Balaban J connectivity index is 1.92. The van der Waals surface area contributed by atoms with Crippen molar-refractivity contribution in [2.24, 2.45) is 7.05 Å². The number of amides is 3. The van der Waals surface area contributed by atoms with Gasteiger partial charge in [0.05, 0.1) is 17.6 Å². The SMILES string of the molecule is CCCNC(=O)NC(=O)CSc1nnc(-c2ccoc2C)n1C. The number of carbonyl (C=O) groups excluding carboxylic acids is 2. The van der Waals surface area contributed by atoms with Crippen molar-refractivity contribution in [1.29, 1.82) is 0 Å². The molecule has 0 radical (unpaired) electrons. The van der Waals surface area contributed by atoms with E-state index in [1.54, 1.807) is 10.8 Å². The lowest BCUT2D eigenvalue weighted by atomic mass is 10.2. The molecule has 0 saturated heterocycles. The van der Waals surface area contributed by atoms with Crippen molar-refractivity contribution in [3.8, 4) is 11.4 Å². The van der Waals surface area contributed by atoms with Gasteiger partial charge in [0.2, 0.25) is 5.91 Å². The van der Waals surface area contributed by atoms with E-state index in [0.717, 1.165) is 17.7 Å². The van der Waals surface area contributed by atoms with Gasteiger partial charge in [-0.25, -0.2) is 4.79 Å². The first-order valence-electron chi connectivity index (χ1n) is 7.17. The smallest absolute Gasteiger partial charge is 0.321 e. The average molecular weight is 337 g/mol. The zero-order valence-electron chi connectivity index (χ0n) is 13.3. The predicted molar refractivity (Wildman–Crippen MR) is 86.0 cm³/mol. The van der Waals surface area contributed by atoms with Crippen LogP contribution in [0.3, 0.4) is 0 Å². The van der Waals surface area contributed by atoms with Crippen LogP contribution in [0, 0.1) is 6.92 Å². The molecule has 8 nitrogen and oxygen atoms in total. The minimum atomic E-state index is -0.481. The van der Waals surface area contributed by atoms with Crippen molar-refractivity contribution in [1.82, 2.24) is 25.4 Å². The third-order valence-corrected chi connectivity index (χ3v) is 4.08. The standard InChI is InChI=1S/C14H19N5O3S/c1-4-6-15-13(21)16-11(20)8-23-14-18-17-12(19(14)3)10-5-7-22-9(10)2/h5,7H,4,6,8H2,1-3H3,(H2,15,16,20,21). The summed E-state index contributed by atoms with van der Waals surface area (Å²) in [5.41, 5.74) is 0.857. The Hall–Kier alpha value is -2.29. The molecule has 0 aliphatic carbocycles. The molecule has 0 unspecified atom stereocenters. The molecule has 2 aromatic rings. The van der Waals surface area contributed by atoms with Gasteiger partial charge >= 0.3 is 6.03 Å². The highest BCUT2D eigenvalue weighted by atomic mass is 32.2. The number of hydrogen-bond acceptors (Lipinski definition) is 6. The van der Waals surface area contributed by atoms with E-state index < -0.39 is 6.03 Å². The number of nitrogens with zero attached hydrogens (tertiary/aromatic N) is 3. The zero-order chi connectivity index (χ0) is 16.8. The molecular weight excluding hydrogens is 318 g/mol. The molecule has 3 amide bonds. The molecule has 2 heterocycles. The minimum absolute atomic E-state index is 0.0793. The molecule has 0 aliphatic rings. The highest BCUT2D eigenvalue weighted by molar-refractivity contribution is 7.99. The molecule has 0 saturated carbocycles. The second-order valence-electron chi connectivity index (χ2n) is 4.85. The average Bonchev–Trinajstić information content (AvgIpc) is 3.09. The Kier molecular flexibility index (Phi) is 5.80. The van der Waals surface area contributed by atoms with Crippen molar-refractivity contribution in [2.75, 3.05) is 12.3 Å². The lowest BCUT2D eigenvalue weighted by Gasteiger charge is -2.05. The van der Waals surface area contributed by atoms with E-state index in [2.05, 4.69) is 20.8 Å². The highest BCUT2D eigenvalue weighted by Crippen LogP contribution is 2.25. The van der Waals surface area contributed by atoms with E-state index in [1.165, 1.54) is 11.8 Å². The predicted octanol–water partition coefficient (Wildman–Crippen LogP) is 1.71. The second kappa shape index (κ2) is 7.82. The summed E-state index contributed by atoms with van der Waals surface area (Å²) in [6.45, 7) is 4.31. The summed E-state index contributed by atoms with van der Waals surface area (Å²) >= 11 is 1.21. The maximum Gasteiger partial charge on any atom is 0.321 e. The van der Waals surface area contributed by atoms with Crippen molar-refractivity contribution in [3.05, 3.63) is 18.1 Å². The summed E-state index contributed by atoms with van der Waals surface area (Å²) in [4.78, 5) is 23.1. The van der Waals surface area contributed by atoms with Gasteiger partial charge in [0.15, 0.2) is 11.0 Å². The molecule has 2 aromatic heterocycles. The van der Waals surface area contributed by atoms with Gasteiger partial charge in [-0.15, -0.1) is 10.2 Å². The van der Waals surface area contributed by atoms with Crippen LogP contribution in [-0.2, 0) is 11.8 Å². The number of nitrogens with one attached hydrogen (secondary N) is 2. The van der Waals surface area contributed by atoms with Crippen LogP contribution in [0.2, 0.25) is 0 Å². The fraction of sp³-hybridized carbons (Fsp3) is 0.429. The van der Waals surface area contributed by atoms with Crippen LogP contribution in [0.5, 0.6) is 0 Å². The van der Waals surface area contributed by atoms with Crippen LogP contribution in [0.4, 0.5) is 4.79 Å². The summed E-state index contributed by atoms with van der Waals surface area (Å²) < 4.78 is 7.05. The lowest BCUT2D eigenvalue weighted by Crippen LogP contribution is -2.40. The molecule has 0 fully saturated rings. The molecule has 0 aromatic carbocycles. The van der Waals surface area contributed by atoms with Crippen molar-refractivity contribution in [3.63, 3.8) is 0 Å². The second-order valence-corrected chi connectivity index (χ2v) is 5.79. The van der Waals surface area contributed by atoms with E-state index in [4.69, 9.17) is 4.42 Å². The van der Waals surface area contributed by atoms with Crippen LogP contribution in [0.1, 0.15) is 19.1 Å². The summed E-state index contributed by atoms with van der Waals surface area (Å²) in [6, 6.07) is 1.34. The topological polar surface area (TPSA) is 102 Å². The Bertz CT molecular complexity index is 694. The van der Waals surface area contributed by atoms with E-state index in [0.29, 0.717) is 17.5 Å². The lowest BCUT2D eigenvalue weighted by molar-refractivity contribution is -0.117. The van der Waals surface area contributed by atoms with Crippen molar-refractivity contribution in [2.45, 2.75) is 25.4 Å². The maximum atomic E-state index is 11.7. The minimum Gasteiger partial charge on any atom is -0.469 e. The van der Waals surface area contributed by atoms with E-state index in [-0.39, 0.29) is 11.7 Å². The molecular formula is C14H19N5O3S. The van der Waals surface area contributed by atoms with Gasteiger partial charge in [-0.3, -0.25) is 10.1 Å². The van der Waals surface area contributed by atoms with E-state index in [9.17, 15) is 9.59 Å². The first kappa shape index (κ1) is 17.1. The fourth-order valence-electron chi connectivity index (χ4n) is 1.87. The number of rotatable bonds is 6. The zero-order valence-corrected chi connectivity index (χ0v) is 14.1. The van der Waals surface area contributed by atoms with Crippen LogP contribution >= 0.6 is 11.8 Å². The number of aryl methyl sites for hydroxylation is 1. The van der Waals surface area contributed by atoms with Gasteiger partial charge in [0.25, 0.3) is 0 Å². The highest BCUT2D eigenvalue weighted by Gasteiger charge is 2.16. The maximum absolute atomic E-state index is 11.7. The number of hydrogen-bond donors (Lipinski definition) is 2. The van der Waals surface area contributed by atoms with Gasteiger partial charge < -0.3 is 14.3 Å². The fourth-order valence-corrected chi connectivity index (χ4v) is 2.58. The molecule has 2 N–H and O–H groups in total. The molecule has 23 heavy (non-hydrogen) atoms. The van der Waals surface area contributed by atoms with Crippen LogP contribution in [-0.4, -0.2) is 39.0 Å². The molecule has 124 valence electrons. The van der Waals surface area contributed by atoms with Crippen molar-refractivity contribution >= 4 is 23.7 Å². The third kappa shape index (κ3) is 4.35. The summed E-state index contributed by atoms with van der Waals surface area (Å²) in [6.07, 6.45) is 2.40. The molecule has 0 bridgehead atoms. The van der Waals surface area contributed by atoms with Gasteiger partial charge in [-0.1, -0.05) is 18.7 Å². The van der Waals surface area contributed by atoms with E-state index in [1.807, 2.05) is 27.0 Å². The number of aromatic nitrogens is 3. The quantitative estimate of drug-likeness (QED) is 0.778. The largest absolute Gasteiger partial charge is 0.469 e. The van der Waals surface area contributed by atoms with Crippen LogP contribution in [0.25, 0.3) is 11.4 Å². The number of furan rings is 1. The molecule has 0 aliphatic heterocycles. The third-order valence-electron chi connectivity index (χ3n) is 3.06. The van der Waals surface area contributed by atoms with Gasteiger partial charge in [0, 0.05) is 13.6 Å². The summed E-state index contributed by atoms with van der Waals surface area (Å²) in [5, 5.41) is 13.6. The van der Waals surface area contributed by atoms with E-state index >= 15 is 0 Å². The van der Waals surface area contributed by atoms with Crippen molar-refractivity contribution < 1.29 is 14.0 Å². The normalized spacial score (nSPS) is 10.6. The van der Waals surface area contributed by atoms with Gasteiger partial charge in [-0.05, 0) is 19.4 Å². The van der Waals surface area contributed by atoms with Gasteiger partial charge in [-0.2, -0.15) is 0 Å². The van der Waals surface area contributed by atoms with Crippen LogP contribution < -0.4 is 10.6 Å². The Labute approximate surface area is 138 Å². The summed E-state index contributed by atoms with van der Waals surface area (Å²) in [7, 11) is 1.82. The Morgan fingerprint density at radius 1 is 1.39 bits per heavy atom. The number of carbonyl (C=O) groups is 2. The molecule has 0 spiro atoms. The molecule has 9 heteroatoms. The molecule has 0 atom stereocenters. The monoisotopic (exact) mass is 337 g/mol. The first-order valence-corrected chi connectivity index (χ1v) is 8.15. The molecule has 2 rings (SSSR count).